The zero-order chi connectivity index (χ0) is 16.2. The molecule has 0 saturated heterocycles. The van der Waals surface area contributed by atoms with E-state index >= 15 is 0 Å². The number of amides is 1. The van der Waals surface area contributed by atoms with Gasteiger partial charge in [0.25, 0.3) is 0 Å². The molecule has 0 saturated carbocycles. The van der Waals surface area contributed by atoms with Gasteiger partial charge >= 0.3 is 6.09 Å². The number of hydrogen-bond acceptors (Lipinski definition) is 5. The lowest BCUT2D eigenvalue weighted by molar-refractivity contribution is 0.0636. The molecule has 0 fully saturated rings. The van der Waals surface area contributed by atoms with Gasteiger partial charge < -0.3 is 10.1 Å². The van der Waals surface area contributed by atoms with E-state index in [0.29, 0.717) is 12.2 Å². The van der Waals surface area contributed by atoms with Crippen LogP contribution >= 0.6 is 0 Å². The Bertz CT molecular complexity index is 628. The average Bonchev–Trinajstić information content (AvgIpc) is 2.81. The minimum absolute atomic E-state index is 0.465. The largest absolute Gasteiger partial charge is 0.444 e. The van der Waals surface area contributed by atoms with E-state index in [0.717, 1.165) is 11.4 Å². The van der Waals surface area contributed by atoms with E-state index in [2.05, 4.69) is 20.9 Å². The van der Waals surface area contributed by atoms with E-state index in [4.69, 9.17) is 4.74 Å². The molecule has 118 valence electrons. The topological polar surface area (TPSA) is 81.1 Å². The molecular weight excluding hydrogens is 282 g/mol. The fourth-order valence-electron chi connectivity index (χ4n) is 1.76. The molecular formula is C15H21N5O2. The summed E-state index contributed by atoms with van der Waals surface area (Å²) < 4.78 is 6.85. The van der Waals surface area contributed by atoms with Gasteiger partial charge in [-0.3, -0.25) is 10.00 Å². The van der Waals surface area contributed by atoms with Crippen LogP contribution in [0.1, 0.15) is 26.5 Å². The Morgan fingerprint density at radius 1 is 1.23 bits per heavy atom. The maximum atomic E-state index is 11.7. The first kappa shape index (κ1) is 15.8. The molecule has 7 heteroatoms. The van der Waals surface area contributed by atoms with Gasteiger partial charge in [-0.15, -0.1) is 5.10 Å². The fraction of sp³-hybridized carbons (Fsp3) is 0.400. The molecule has 0 aliphatic carbocycles. The Hall–Kier alpha value is -2.57. The number of hydrogen-bond donors (Lipinski definition) is 2. The monoisotopic (exact) mass is 303 g/mol. The first-order valence-corrected chi connectivity index (χ1v) is 7.01. The predicted molar refractivity (Wildman–Crippen MR) is 84.6 cm³/mol. The number of nitrogens with one attached hydrogen (secondary N) is 2. The lowest BCUT2D eigenvalue weighted by Crippen LogP contribution is -2.27. The molecule has 1 aromatic heterocycles. The molecule has 2 aromatic rings. The van der Waals surface area contributed by atoms with Gasteiger partial charge in [-0.1, -0.05) is 5.21 Å². The molecule has 1 aromatic carbocycles. The highest BCUT2D eigenvalue weighted by Gasteiger charge is 2.15. The maximum Gasteiger partial charge on any atom is 0.412 e. The third kappa shape index (κ3) is 5.08. The summed E-state index contributed by atoms with van der Waals surface area (Å²) in [6, 6.07) is 7.37. The van der Waals surface area contributed by atoms with E-state index in [-0.39, 0.29) is 0 Å². The van der Waals surface area contributed by atoms with E-state index in [1.807, 2.05) is 58.3 Å². The molecule has 0 atom stereocenters. The van der Waals surface area contributed by atoms with Crippen molar-refractivity contribution in [1.82, 2.24) is 15.0 Å². The Kier molecular flexibility index (Phi) is 4.65. The van der Waals surface area contributed by atoms with Gasteiger partial charge in [-0.05, 0) is 45.0 Å². The van der Waals surface area contributed by atoms with Crippen molar-refractivity contribution >= 4 is 17.5 Å². The summed E-state index contributed by atoms with van der Waals surface area (Å²) in [6.45, 7) is 6.07. The van der Waals surface area contributed by atoms with Crippen molar-refractivity contribution in [3.8, 4) is 0 Å². The van der Waals surface area contributed by atoms with Crippen LogP contribution in [0.4, 0.5) is 16.2 Å². The fourth-order valence-corrected chi connectivity index (χ4v) is 1.76. The molecule has 0 aliphatic heterocycles. The Morgan fingerprint density at radius 2 is 1.86 bits per heavy atom. The van der Waals surface area contributed by atoms with Crippen molar-refractivity contribution in [2.75, 3.05) is 10.6 Å². The number of benzene rings is 1. The van der Waals surface area contributed by atoms with Gasteiger partial charge in [0.05, 0.1) is 6.54 Å². The van der Waals surface area contributed by atoms with Gasteiger partial charge in [0.2, 0.25) is 0 Å². The standard InChI is InChI=1S/C15H21N5O2/c1-15(2,3)22-14(21)17-12-7-5-11(6-8-12)16-9-13-10-20(4)19-18-13/h5-8,10,16H,9H2,1-4H3,(H,17,21). The summed E-state index contributed by atoms with van der Waals surface area (Å²) in [5.74, 6) is 0. The van der Waals surface area contributed by atoms with Crippen LogP contribution < -0.4 is 10.6 Å². The van der Waals surface area contributed by atoms with Gasteiger partial charge in [0, 0.05) is 24.6 Å². The van der Waals surface area contributed by atoms with Crippen molar-refractivity contribution in [1.29, 1.82) is 0 Å². The summed E-state index contributed by atoms with van der Waals surface area (Å²) >= 11 is 0. The van der Waals surface area contributed by atoms with E-state index in [1.54, 1.807) is 4.68 Å². The van der Waals surface area contributed by atoms with Gasteiger partial charge in [0.1, 0.15) is 11.3 Å². The molecule has 0 radical (unpaired) electrons. The number of carbonyl (C=O) groups is 1. The van der Waals surface area contributed by atoms with Crippen LogP contribution in [0.15, 0.2) is 30.5 Å². The molecule has 2 rings (SSSR count). The summed E-state index contributed by atoms with van der Waals surface area (Å²) in [5.41, 5.74) is 1.96. The molecule has 7 nitrogen and oxygen atoms in total. The van der Waals surface area contributed by atoms with Crippen LogP contribution in [0.3, 0.4) is 0 Å². The Labute approximate surface area is 129 Å². The minimum Gasteiger partial charge on any atom is -0.444 e. The van der Waals surface area contributed by atoms with Crippen molar-refractivity contribution < 1.29 is 9.53 Å². The second-order valence-corrected chi connectivity index (χ2v) is 5.94. The highest BCUT2D eigenvalue weighted by atomic mass is 16.6. The Morgan fingerprint density at radius 3 is 2.41 bits per heavy atom. The third-order valence-corrected chi connectivity index (χ3v) is 2.65. The summed E-state index contributed by atoms with van der Waals surface area (Å²) in [4.78, 5) is 11.7. The molecule has 0 bridgehead atoms. The molecule has 0 unspecified atom stereocenters. The first-order valence-electron chi connectivity index (χ1n) is 7.01. The van der Waals surface area contributed by atoms with Crippen molar-refractivity contribution in [3.05, 3.63) is 36.2 Å². The highest BCUT2D eigenvalue weighted by molar-refractivity contribution is 5.85. The molecule has 2 N–H and O–H groups in total. The third-order valence-electron chi connectivity index (χ3n) is 2.65. The van der Waals surface area contributed by atoms with Crippen LogP contribution in [0.25, 0.3) is 0 Å². The van der Waals surface area contributed by atoms with E-state index in [1.165, 1.54) is 0 Å². The predicted octanol–water partition coefficient (Wildman–Crippen LogP) is 2.77. The molecule has 0 aliphatic rings. The smallest absolute Gasteiger partial charge is 0.412 e. The highest BCUT2D eigenvalue weighted by Crippen LogP contribution is 2.15. The quantitative estimate of drug-likeness (QED) is 0.907. The van der Waals surface area contributed by atoms with E-state index < -0.39 is 11.7 Å². The van der Waals surface area contributed by atoms with Crippen LogP contribution in [0.5, 0.6) is 0 Å². The van der Waals surface area contributed by atoms with E-state index in [9.17, 15) is 4.79 Å². The lowest BCUT2D eigenvalue weighted by atomic mass is 10.2. The number of anilines is 2. The summed E-state index contributed by atoms with van der Waals surface area (Å²) in [6.07, 6.45) is 1.39. The van der Waals surface area contributed by atoms with Crippen LogP contribution in [-0.2, 0) is 18.3 Å². The van der Waals surface area contributed by atoms with Crippen molar-refractivity contribution in [3.63, 3.8) is 0 Å². The summed E-state index contributed by atoms with van der Waals surface area (Å²) in [5, 5.41) is 13.8. The molecule has 0 spiro atoms. The van der Waals surface area contributed by atoms with Gasteiger partial charge in [-0.2, -0.15) is 0 Å². The van der Waals surface area contributed by atoms with Gasteiger partial charge in [-0.25, -0.2) is 4.79 Å². The number of carbonyl (C=O) groups excluding carboxylic acids is 1. The number of nitrogens with zero attached hydrogens (tertiary/aromatic N) is 3. The molecule has 1 heterocycles. The van der Waals surface area contributed by atoms with Crippen molar-refractivity contribution in [2.45, 2.75) is 32.9 Å². The maximum absolute atomic E-state index is 11.7. The zero-order valence-corrected chi connectivity index (χ0v) is 13.3. The van der Waals surface area contributed by atoms with Crippen LogP contribution in [0.2, 0.25) is 0 Å². The van der Waals surface area contributed by atoms with Gasteiger partial charge in [0.15, 0.2) is 0 Å². The number of ether oxygens (including phenoxy) is 1. The number of rotatable bonds is 4. The Balaban J connectivity index is 1.86. The second-order valence-electron chi connectivity index (χ2n) is 5.94. The molecule has 1 amide bonds. The molecule has 22 heavy (non-hydrogen) atoms. The average molecular weight is 303 g/mol. The van der Waals surface area contributed by atoms with Crippen LogP contribution in [0, 0.1) is 0 Å². The zero-order valence-electron chi connectivity index (χ0n) is 13.3. The normalized spacial score (nSPS) is 11.1. The number of aryl methyl sites for hydroxylation is 1. The first-order chi connectivity index (χ1) is 10.3. The number of aromatic nitrogens is 3. The van der Waals surface area contributed by atoms with Crippen LogP contribution in [-0.4, -0.2) is 26.7 Å². The second kappa shape index (κ2) is 6.46. The summed E-state index contributed by atoms with van der Waals surface area (Å²) in [7, 11) is 1.83. The minimum atomic E-state index is -0.512. The lowest BCUT2D eigenvalue weighted by Gasteiger charge is -2.19. The van der Waals surface area contributed by atoms with Crippen molar-refractivity contribution in [2.24, 2.45) is 7.05 Å². The SMILES string of the molecule is Cn1cc(CNc2ccc(NC(=O)OC(C)(C)C)cc2)nn1.